The van der Waals surface area contributed by atoms with E-state index in [9.17, 15) is 4.79 Å². The molecule has 10 heteroatoms. The molecule has 0 spiro atoms. The number of nitrogens with zero attached hydrogens (tertiary/aromatic N) is 2. The van der Waals surface area contributed by atoms with E-state index in [4.69, 9.17) is 38.7 Å². The highest BCUT2D eigenvalue weighted by atomic mass is 35.5. The summed E-state index contributed by atoms with van der Waals surface area (Å²) < 4.78 is 7.88. The van der Waals surface area contributed by atoms with Gasteiger partial charge in [-0.05, 0) is 41.8 Å². The van der Waals surface area contributed by atoms with Crippen LogP contribution in [-0.2, 0) is 16.1 Å². The number of halogens is 2. The molecule has 178 valence electrons. The molecule has 1 aromatic heterocycles. The quantitative estimate of drug-likeness (QED) is 0.531. The first-order valence-electron chi connectivity index (χ1n) is 11.0. The second kappa shape index (κ2) is 10.4. The second-order valence-corrected chi connectivity index (χ2v) is 11.4. The molecule has 0 bridgehead atoms. The van der Waals surface area contributed by atoms with Gasteiger partial charge in [-0.15, -0.1) is 11.3 Å². The van der Waals surface area contributed by atoms with Gasteiger partial charge in [0.1, 0.15) is 0 Å². The average molecular weight is 536 g/mol. The van der Waals surface area contributed by atoms with Crippen LogP contribution >= 0.6 is 46.3 Å². The lowest BCUT2D eigenvalue weighted by Crippen LogP contribution is -2.47. The molecule has 5 rings (SSSR count). The maximum Gasteiger partial charge on any atom is 0.230 e. The molecule has 1 amide bonds. The Kier molecular flexibility index (Phi) is 7.34. The van der Waals surface area contributed by atoms with Gasteiger partial charge in [-0.2, -0.15) is 0 Å². The molecule has 6 nitrogen and oxygen atoms in total. The van der Waals surface area contributed by atoms with Gasteiger partial charge in [0, 0.05) is 37.4 Å². The summed E-state index contributed by atoms with van der Waals surface area (Å²) in [6.07, 6.45) is 6.92. The zero-order valence-corrected chi connectivity index (χ0v) is 21.5. The Morgan fingerprint density at radius 2 is 2.24 bits per heavy atom. The molecule has 1 unspecified atom stereocenters. The van der Waals surface area contributed by atoms with Crippen LogP contribution in [-0.4, -0.2) is 53.9 Å². The smallest absolute Gasteiger partial charge is 0.230 e. The minimum absolute atomic E-state index is 0.0207. The number of benzene rings is 1. The highest BCUT2D eigenvalue weighted by molar-refractivity contribution is 8.01. The number of nitrogens with one attached hydrogen (secondary N) is 1. The van der Waals surface area contributed by atoms with Gasteiger partial charge in [-0.1, -0.05) is 47.1 Å². The Labute approximate surface area is 216 Å². The lowest BCUT2D eigenvalue weighted by atomic mass is 9.99. The molecular weight excluding hydrogens is 511 g/mol. The summed E-state index contributed by atoms with van der Waals surface area (Å²) in [6, 6.07) is 5.70. The van der Waals surface area contributed by atoms with Crippen LogP contribution in [0.15, 0.2) is 46.0 Å². The Balaban J connectivity index is 1.10. The highest BCUT2D eigenvalue weighted by Crippen LogP contribution is 2.27. The molecule has 2 aliphatic carbocycles. The minimum atomic E-state index is -0.0461. The van der Waals surface area contributed by atoms with Crippen LogP contribution < -0.4 is 20.9 Å². The molecule has 1 atom stereocenters. The van der Waals surface area contributed by atoms with Crippen LogP contribution in [0.2, 0.25) is 10.0 Å². The van der Waals surface area contributed by atoms with Gasteiger partial charge in [0.2, 0.25) is 5.91 Å². The van der Waals surface area contributed by atoms with Crippen molar-refractivity contribution in [3.63, 3.8) is 0 Å². The lowest BCUT2D eigenvalue weighted by molar-refractivity contribution is -0.119. The summed E-state index contributed by atoms with van der Waals surface area (Å²) in [7, 11) is 0. The molecule has 0 radical (unpaired) electrons. The summed E-state index contributed by atoms with van der Waals surface area (Å²) in [5, 5.41) is 5.13. The molecular formula is C24H24Cl2N4O2S2. The number of thiazole rings is 1. The number of aromatic nitrogens is 1. The van der Waals surface area contributed by atoms with Crippen molar-refractivity contribution in [3.05, 3.63) is 67.1 Å². The van der Waals surface area contributed by atoms with Crippen molar-refractivity contribution in [3.8, 4) is 0 Å². The van der Waals surface area contributed by atoms with Gasteiger partial charge in [0.15, 0.2) is 4.34 Å². The normalized spacial score (nSPS) is 19.7. The van der Waals surface area contributed by atoms with E-state index in [2.05, 4.69) is 22.4 Å². The van der Waals surface area contributed by atoms with Gasteiger partial charge < -0.3 is 15.8 Å². The van der Waals surface area contributed by atoms with Crippen LogP contribution in [0, 0.1) is 0 Å². The van der Waals surface area contributed by atoms with Crippen LogP contribution in [0.25, 0.3) is 11.6 Å². The molecule has 34 heavy (non-hydrogen) atoms. The maximum absolute atomic E-state index is 12.4. The number of thioether (sulfide) groups is 1. The fourth-order valence-electron chi connectivity index (χ4n) is 4.24. The maximum atomic E-state index is 12.4. The van der Waals surface area contributed by atoms with Crippen molar-refractivity contribution in [2.75, 3.05) is 32.0 Å². The molecule has 2 heterocycles. The van der Waals surface area contributed by atoms with E-state index in [1.54, 1.807) is 11.3 Å². The summed E-state index contributed by atoms with van der Waals surface area (Å²) in [5.74, 6) is 0.305. The number of fused-ring (bicyclic) bond motifs is 2. The summed E-state index contributed by atoms with van der Waals surface area (Å²) >= 11 is 15.2. The van der Waals surface area contributed by atoms with E-state index in [1.807, 2.05) is 24.3 Å². The first-order valence-corrected chi connectivity index (χ1v) is 13.6. The summed E-state index contributed by atoms with van der Waals surface area (Å²) in [6.45, 7) is 3.46. The van der Waals surface area contributed by atoms with Crippen molar-refractivity contribution in [2.45, 2.75) is 23.4 Å². The number of carbonyl (C=O) groups excluding carboxylic acids is 1. The number of hydrogen-bond acceptors (Lipinski definition) is 7. The number of rotatable bonds is 7. The van der Waals surface area contributed by atoms with Crippen LogP contribution in [0.1, 0.15) is 12.0 Å². The number of amides is 1. The second-order valence-electron chi connectivity index (χ2n) is 8.36. The highest BCUT2D eigenvalue weighted by Gasteiger charge is 2.22. The molecule has 3 aliphatic rings. The Morgan fingerprint density at radius 3 is 3.09 bits per heavy atom. The van der Waals surface area contributed by atoms with Crippen molar-refractivity contribution >= 4 is 63.9 Å². The van der Waals surface area contributed by atoms with E-state index >= 15 is 0 Å². The first kappa shape index (κ1) is 23.9. The van der Waals surface area contributed by atoms with Crippen LogP contribution in [0.5, 0.6) is 0 Å². The van der Waals surface area contributed by atoms with Gasteiger partial charge in [-0.3, -0.25) is 9.69 Å². The van der Waals surface area contributed by atoms with Gasteiger partial charge in [0.25, 0.3) is 0 Å². The Bertz CT molecular complexity index is 1300. The topological polar surface area (TPSA) is 80.5 Å². The van der Waals surface area contributed by atoms with E-state index < -0.39 is 0 Å². The first-order chi connectivity index (χ1) is 16.5. The third-order valence-corrected chi connectivity index (χ3v) is 8.80. The Hall–Kier alpha value is -1.81. The van der Waals surface area contributed by atoms with E-state index in [-0.39, 0.29) is 12.0 Å². The number of allylic oxidation sites excluding steroid dienone is 3. The summed E-state index contributed by atoms with van der Waals surface area (Å²) in [5.41, 5.74) is 10.3. The minimum Gasteiger partial charge on any atom is -0.398 e. The fraction of sp³-hybridized carbons (Fsp3) is 0.333. The molecule has 0 saturated carbocycles. The molecule has 1 aromatic carbocycles. The van der Waals surface area contributed by atoms with Crippen molar-refractivity contribution < 1.29 is 9.53 Å². The zero-order chi connectivity index (χ0) is 23.7. The molecule has 2 aromatic rings. The largest absolute Gasteiger partial charge is 0.398 e. The molecule has 1 saturated heterocycles. The monoisotopic (exact) mass is 534 g/mol. The SMILES string of the molecule is NC1=C2C=c3sc(SCC(=O)NCC4CN(Cc5ccc(Cl)c(Cl)c5)CCO4)nc3=C2CC=C1. The van der Waals surface area contributed by atoms with Gasteiger partial charge in [-0.25, -0.2) is 4.98 Å². The van der Waals surface area contributed by atoms with Gasteiger partial charge >= 0.3 is 0 Å². The standard InChI is InChI=1S/C24H24Cl2N4O2S2/c25-18-5-4-14(8-19(18)26)11-30-6-7-32-15(12-30)10-28-22(31)13-33-24-29-23-16-2-1-3-20(27)17(16)9-21(23)34-24/h1,3-5,8-9,15H,2,6-7,10-13,27H2,(H,28,31). The zero-order valence-electron chi connectivity index (χ0n) is 18.4. The summed E-state index contributed by atoms with van der Waals surface area (Å²) in [4.78, 5) is 19.5. The van der Waals surface area contributed by atoms with Crippen molar-refractivity contribution in [1.29, 1.82) is 0 Å². The number of ether oxygens (including phenoxy) is 1. The third kappa shape index (κ3) is 5.37. The number of carbonyl (C=O) groups is 1. The lowest BCUT2D eigenvalue weighted by Gasteiger charge is -2.33. The van der Waals surface area contributed by atoms with E-state index in [0.717, 1.165) is 57.1 Å². The molecule has 1 aliphatic heterocycles. The van der Waals surface area contributed by atoms with Crippen LogP contribution in [0.3, 0.4) is 0 Å². The average Bonchev–Trinajstić information content (AvgIpc) is 3.38. The number of hydrogen-bond donors (Lipinski definition) is 2. The van der Waals surface area contributed by atoms with E-state index in [1.165, 1.54) is 17.3 Å². The van der Waals surface area contributed by atoms with Gasteiger partial charge in [0.05, 0.1) is 38.4 Å². The van der Waals surface area contributed by atoms with Crippen LogP contribution in [0.4, 0.5) is 0 Å². The number of nitrogens with two attached hydrogens (primary N) is 1. The predicted molar refractivity (Wildman–Crippen MR) is 139 cm³/mol. The third-order valence-electron chi connectivity index (χ3n) is 5.92. The van der Waals surface area contributed by atoms with Crippen molar-refractivity contribution in [1.82, 2.24) is 15.2 Å². The molecule has 1 fully saturated rings. The van der Waals surface area contributed by atoms with Crippen molar-refractivity contribution in [2.24, 2.45) is 5.73 Å². The fourth-order valence-corrected chi connectivity index (χ4v) is 6.52. The Morgan fingerprint density at radius 1 is 1.35 bits per heavy atom. The predicted octanol–water partition coefficient (Wildman–Crippen LogP) is 2.68. The number of morpholine rings is 1. The van der Waals surface area contributed by atoms with E-state index in [0.29, 0.717) is 28.9 Å². The molecule has 3 N–H and O–H groups in total.